The van der Waals surface area contributed by atoms with Gasteiger partial charge < -0.3 is 10.2 Å². The Labute approximate surface area is 120 Å². The third-order valence-electron chi connectivity index (χ3n) is 2.95. The Morgan fingerprint density at radius 3 is 2.80 bits per heavy atom. The summed E-state index contributed by atoms with van der Waals surface area (Å²) in [6.07, 6.45) is 2.13. The molecule has 0 saturated carbocycles. The summed E-state index contributed by atoms with van der Waals surface area (Å²) in [4.78, 5) is 18.3. The molecule has 1 aromatic rings. The number of amides is 1. The van der Waals surface area contributed by atoms with Crippen molar-refractivity contribution in [2.24, 2.45) is 0 Å². The summed E-state index contributed by atoms with van der Waals surface area (Å²) in [5.41, 5.74) is 1.51. The highest BCUT2D eigenvalue weighted by Gasteiger charge is 2.13. The van der Waals surface area contributed by atoms with E-state index in [0.29, 0.717) is 18.5 Å². The van der Waals surface area contributed by atoms with E-state index >= 15 is 0 Å². The van der Waals surface area contributed by atoms with E-state index in [-0.39, 0.29) is 5.91 Å². The summed E-state index contributed by atoms with van der Waals surface area (Å²) < 4.78 is 0. The Hall–Kier alpha value is -2.09. The molecule has 1 amide bonds. The summed E-state index contributed by atoms with van der Waals surface area (Å²) in [6, 6.07) is 5.65. The van der Waals surface area contributed by atoms with Crippen molar-refractivity contribution in [3.63, 3.8) is 0 Å². The van der Waals surface area contributed by atoms with Gasteiger partial charge in [0.2, 0.25) is 0 Å². The van der Waals surface area contributed by atoms with Crippen molar-refractivity contribution in [1.82, 2.24) is 9.88 Å². The van der Waals surface area contributed by atoms with Gasteiger partial charge in [0.1, 0.15) is 5.82 Å². The lowest BCUT2D eigenvalue weighted by Crippen LogP contribution is -2.27. The molecule has 108 valence electrons. The fourth-order valence-corrected chi connectivity index (χ4v) is 1.78. The first-order valence-corrected chi connectivity index (χ1v) is 6.99. The predicted octanol–water partition coefficient (Wildman–Crippen LogP) is 2.45. The van der Waals surface area contributed by atoms with E-state index in [1.54, 1.807) is 18.0 Å². The van der Waals surface area contributed by atoms with Gasteiger partial charge in [-0.1, -0.05) is 13.8 Å². The van der Waals surface area contributed by atoms with Gasteiger partial charge in [0.25, 0.3) is 5.91 Å². The number of carbonyl (C=O) groups is 1. The van der Waals surface area contributed by atoms with Gasteiger partial charge in [0, 0.05) is 31.4 Å². The van der Waals surface area contributed by atoms with E-state index in [0.717, 1.165) is 30.9 Å². The highest BCUT2D eigenvalue weighted by Crippen LogP contribution is 2.13. The molecule has 0 aromatic carbocycles. The van der Waals surface area contributed by atoms with E-state index in [1.165, 1.54) is 0 Å². The first-order valence-electron chi connectivity index (χ1n) is 6.99. The minimum atomic E-state index is -0.0723. The molecule has 1 heterocycles. The van der Waals surface area contributed by atoms with Crippen LogP contribution in [-0.4, -0.2) is 35.9 Å². The van der Waals surface area contributed by atoms with Gasteiger partial charge in [-0.2, -0.15) is 5.26 Å². The number of pyridine rings is 1. The van der Waals surface area contributed by atoms with Gasteiger partial charge in [0.15, 0.2) is 0 Å². The average Bonchev–Trinajstić information content (AvgIpc) is 2.49. The Kier molecular flexibility index (Phi) is 6.51. The van der Waals surface area contributed by atoms with Crippen LogP contribution < -0.4 is 5.32 Å². The maximum absolute atomic E-state index is 12.3. The SMILES string of the molecule is CCCNc1cc(C(=O)N(C)CCC#N)cc(CC)n1. The number of nitrogens with one attached hydrogen (secondary N) is 1. The Bertz CT molecular complexity index is 493. The molecule has 0 bridgehead atoms. The number of aromatic nitrogens is 1. The van der Waals surface area contributed by atoms with Crippen molar-refractivity contribution < 1.29 is 4.79 Å². The average molecular weight is 274 g/mol. The van der Waals surface area contributed by atoms with Crippen LogP contribution in [0.15, 0.2) is 12.1 Å². The van der Waals surface area contributed by atoms with Crippen LogP contribution in [0.25, 0.3) is 0 Å². The zero-order valence-electron chi connectivity index (χ0n) is 12.4. The fourth-order valence-electron chi connectivity index (χ4n) is 1.78. The number of carbonyl (C=O) groups excluding carboxylic acids is 1. The van der Waals surface area contributed by atoms with Crippen molar-refractivity contribution in [3.05, 3.63) is 23.4 Å². The molecule has 20 heavy (non-hydrogen) atoms. The highest BCUT2D eigenvalue weighted by atomic mass is 16.2. The maximum atomic E-state index is 12.3. The van der Waals surface area contributed by atoms with Crippen LogP contribution in [0.3, 0.4) is 0 Å². The molecular weight excluding hydrogens is 252 g/mol. The van der Waals surface area contributed by atoms with Crippen LogP contribution in [0.5, 0.6) is 0 Å². The highest BCUT2D eigenvalue weighted by molar-refractivity contribution is 5.94. The summed E-state index contributed by atoms with van der Waals surface area (Å²) in [5.74, 6) is 0.667. The molecule has 5 heteroatoms. The molecule has 0 aliphatic rings. The van der Waals surface area contributed by atoms with Crippen molar-refractivity contribution in [2.75, 3.05) is 25.5 Å². The van der Waals surface area contributed by atoms with Crippen LogP contribution >= 0.6 is 0 Å². The van der Waals surface area contributed by atoms with Gasteiger partial charge in [-0.3, -0.25) is 4.79 Å². The van der Waals surface area contributed by atoms with Crippen LogP contribution in [0.2, 0.25) is 0 Å². The summed E-state index contributed by atoms with van der Waals surface area (Å²) in [5, 5.41) is 11.8. The molecule has 0 unspecified atom stereocenters. The van der Waals surface area contributed by atoms with Crippen molar-refractivity contribution in [1.29, 1.82) is 5.26 Å². The van der Waals surface area contributed by atoms with E-state index in [1.807, 2.05) is 19.1 Å². The van der Waals surface area contributed by atoms with Gasteiger partial charge >= 0.3 is 0 Å². The van der Waals surface area contributed by atoms with Crippen LogP contribution in [0.1, 0.15) is 42.7 Å². The van der Waals surface area contributed by atoms with Crippen LogP contribution in [0, 0.1) is 11.3 Å². The molecule has 1 aromatic heterocycles. The molecule has 0 aliphatic carbocycles. The second-order valence-corrected chi connectivity index (χ2v) is 4.65. The largest absolute Gasteiger partial charge is 0.370 e. The first-order chi connectivity index (χ1) is 9.62. The minimum Gasteiger partial charge on any atom is -0.370 e. The lowest BCUT2D eigenvalue weighted by atomic mass is 10.1. The molecule has 0 aliphatic heterocycles. The predicted molar refractivity (Wildman–Crippen MR) is 79.6 cm³/mol. The lowest BCUT2D eigenvalue weighted by molar-refractivity contribution is 0.0798. The number of hydrogen-bond acceptors (Lipinski definition) is 4. The van der Waals surface area contributed by atoms with E-state index < -0.39 is 0 Å². The van der Waals surface area contributed by atoms with Crippen LogP contribution in [-0.2, 0) is 6.42 Å². The Morgan fingerprint density at radius 2 is 2.20 bits per heavy atom. The molecule has 0 fully saturated rings. The number of aryl methyl sites for hydroxylation is 1. The zero-order chi connectivity index (χ0) is 15.0. The number of anilines is 1. The second kappa shape index (κ2) is 8.16. The Morgan fingerprint density at radius 1 is 1.45 bits per heavy atom. The normalized spacial score (nSPS) is 9.90. The van der Waals surface area contributed by atoms with Crippen molar-refractivity contribution >= 4 is 11.7 Å². The van der Waals surface area contributed by atoms with Gasteiger partial charge in [-0.15, -0.1) is 0 Å². The molecule has 0 spiro atoms. The standard InChI is InChI=1S/C15H22N4O/c1-4-8-17-14-11-12(10-13(5-2)18-14)15(20)19(3)9-6-7-16/h10-11H,4-6,8-9H2,1-3H3,(H,17,18). The monoisotopic (exact) mass is 274 g/mol. The topological polar surface area (TPSA) is 69.0 Å². The molecule has 0 atom stereocenters. The second-order valence-electron chi connectivity index (χ2n) is 4.65. The fraction of sp³-hybridized carbons (Fsp3) is 0.533. The minimum absolute atomic E-state index is 0.0723. The lowest BCUT2D eigenvalue weighted by Gasteiger charge is -2.16. The molecular formula is C15H22N4O. The maximum Gasteiger partial charge on any atom is 0.253 e. The van der Waals surface area contributed by atoms with Gasteiger partial charge in [-0.25, -0.2) is 4.98 Å². The van der Waals surface area contributed by atoms with Crippen molar-refractivity contribution in [2.45, 2.75) is 33.1 Å². The third kappa shape index (κ3) is 4.54. The van der Waals surface area contributed by atoms with E-state index in [2.05, 4.69) is 17.2 Å². The zero-order valence-corrected chi connectivity index (χ0v) is 12.4. The van der Waals surface area contributed by atoms with Gasteiger partial charge in [-0.05, 0) is 25.0 Å². The number of hydrogen-bond donors (Lipinski definition) is 1. The van der Waals surface area contributed by atoms with Crippen molar-refractivity contribution in [3.8, 4) is 6.07 Å². The molecule has 0 radical (unpaired) electrons. The summed E-state index contributed by atoms with van der Waals surface area (Å²) in [6.45, 7) is 5.37. The molecule has 0 saturated heterocycles. The van der Waals surface area contributed by atoms with Gasteiger partial charge in [0.05, 0.1) is 12.5 Å². The molecule has 5 nitrogen and oxygen atoms in total. The number of nitrogens with zero attached hydrogens (tertiary/aromatic N) is 3. The van der Waals surface area contributed by atoms with E-state index in [9.17, 15) is 4.79 Å². The van der Waals surface area contributed by atoms with E-state index in [4.69, 9.17) is 5.26 Å². The summed E-state index contributed by atoms with van der Waals surface area (Å²) >= 11 is 0. The third-order valence-corrected chi connectivity index (χ3v) is 2.95. The smallest absolute Gasteiger partial charge is 0.253 e. The number of nitriles is 1. The first kappa shape index (κ1) is 16.0. The summed E-state index contributed by atoms with van der Waals surface area (Å²) in [7, 11) is 1.71. The quantitative estimate of drug-likeness (QED) is 0.829. The van der Waals surface area contributed by atoms with Crippen LogP contribution in [0.4, 0.5) is 5.82 Å². The number of rotatable bonds is 7. The molecule has 1 rings (SSSR count). The molecule has 1 N–H and O–H groups in total. The Balaban J connectivity index is 2.92.